The molecule has 112 valence electrons. The maximum atomic E-state index is 12.2. The van der Waals surface area contributed by atoms with Gasteiger partial charge in [-0.1, -0.05) is 18.9 Å². The molecule has 2 heterocycles. The molecular weight excluding hydrogens is 276 g/mol. The summed E-state index contributed by atoms with van der Waals surface area (Å²) < 4.78 is 1.70. The Balaban J connectivity index is 1.85. The maximum Gasteiger partial charge on any atom is 0.348 e. The minimum Gasteiger partial charge on any atom is -0.299 e. The molecule has 1 saturated carbocycles. The van der Waals surface area contributed by atoms with Crippen LogP contribution < -0.4 is 5.69 Å². The molecule has 2 aromatic heterocycles. The smallest absolute Gasteiger partial charge is 0.299 e. The first-order chi connectivity index (χ1) is 10.7. The predicted octanol–water partition coefficient (Wildman–Crippen LogP) is 2.98. The lowest BCUT2D eigenvalue weighted by molar-refractivity contribution is 0.625. The average Bonchev–Trinajstić information content (AvgIpc) is 3.19. The molecule has 5 heteroatoms. The van der Waals surface area contributed by atoms with Crippen LogP contribution in [0.5, 0.6) is 0 Å². The van der Waals surface area contributed by atoms with E-state index in [1.807, 2.05) is 25.2 Å². The van der Waals surface area contributed by atoms with E-state index in [0.29, 0.717) is 5.92 Å². The Kier molecular flexibility index (Phi) is 3.06. The summed E-state index contributed by atoms with van der Waals surface area (Å²) in [5, 5.41) is 8.01. The van der Waals surface area contributed by atoms with Crippen molar-refractivity contribution in [3.05, 3.63) is 46.6 Å². The predicted molar refractivity (Wildman–Crippen MR) is 85.8 cm³/mol. The summed E-state index contributed by atoms with van der Waals surface area (Å²) in [6.07, 6.45) is 6.61. The highest BCUT2D eigenvalue weighted by Crippen LogP contribution is 2.34. The van der Waals surface area contributed by atoms with Gasteiger partial charge in [0.2, 0.25) is 0 Å². The van der Waals surface area contributed by atoms with Gasteiger partial charge < -0.3 is 0 Å². The lowest BCUT2D eigenvalue weighted by Crippen LogP contribution is -2.24. The van der Waals surface area contributed by atoms with Crippen LogP contribution in [0.1, 0.15) is 37.3 Å². The molecule has 1 aromatic carbocycles. The molecule has 1 N–H and O–H groups in total. The van der Waals surface area contributed by atoms with Crippen LogP contribution in [0.25, 0.3) is 22.2 Å². The Morgan fingerprint density at radius 1 is 1.23 bits per heavy atom. The summed E-state index contributed by atoms with van der Waals surface area (Å²) in [5.41, 5.74) is 3.65. The molecule has 0 spiro atoms. The van der Waals surface area contributed by atoms with Gasteiger partial charge in [-0.05, 0) is 37.0 Å². The molecule has 0 atom stereocenters. The van der Waals surface area contributed by atoms with Crippen molar-refractivity contribution in [1.29, 1.82) is 0 Å². The summed E-state index contributed by atoms with van der Waals surface area (Å²) >= 11 is 0. The van der Waals surface area contributed by atoms with Crippen LogP contribution in [0.4, 0.5) is 0 Å². The fourth-order valence-corrected chi connectivity index (χ4v) is 3.42. The Morgan fingerprint density at radius 3 is 2.86 bits per heavy atom. The van der Waals surface area contributed by atoms with Crippen LogP contribution >= 0.6 is 0 Å². The first-order valence-corrected chi connectivity index (χ1v) is 7.74. The van der Waals surface area contributed by atoms with E-state index in [4.69, 9.17) is 0 Å². The number of fused-ring (bicyclic) bond motifs is 1. The molecule has 1 aliphatic carbocycles. The Labute approximate surface area is 128 Å². The number of rotatable bonds is 2. The second kappa shape index (κ2) is 5.09. The zero-order valence-corrected chi connectivity index (χ0v) is 12.5. The van der Waals surface area contributed by atoms with E-state index < -0.39 is 0 Å². The molecule has 22 heavy (non-hydrogen) atoms. The monoisotopic (exact) mass is 294 g/mol. The summed E-state index contributed by atoms with van der Waals surface area (Å²) in [7, 11) is 1.83. The lowest BCUT2D eigenvalue weighted by Gasteiger charge is -2.15. The topological polar surface area (TPSA) is 63.6 Å². The van der Waals surface area contributed by atoms with Gasteiger partial charge in [0.25, 0.3) is 0 Å². The van der Waals surface area contributed by atoms with Gasteiger partial charge in [-0.3, -0.25) is 9.67 Å². The van der Waals surface area contributed by atoms with Crippen molar-refractivity contribution in [3.8, 4) is 11.3 Å². The van der Waals surface area contributed by atoms with Crippen molar-refractivity contribution in [3.63, 3.8) is 0 Å². The number of nitrogens with zero attached hydrogens (tertiary/aromatic N) is 3. The zero-order valence-electron chi connectivity index (χ0n) is 12.5. The summed E-state index contributed by atoms with van der Waals surface area (Å²) in [6, 6.07) is 8.07. The van der Waals surface area contributed by atoms with Gasteiger partial charge in [0, 0.05) is 23.7 Å². The van der Waals surface area contributed by atoms with E-state index in [2.05, 4.69) is 21.2 Å². The van der Waals surface area contributed by atoms with E-state index in [1.54, 1.807) is 10.8 Å². The number of aromatic amines is 1. The van der Waals surface area contributed by atoms with Gasteiger partial charge in [-0.25, -0.2) is 4.79 Å². The molecule has 0 radical (unpaired) electrons. The minimum atomic E-state index is -0.174. The van der Waals surface area contributed by atoms with Crippen molar-refractivity contribution in [2.45, 2.75) is 31.6 Å². The lowest BCUT2D eigenvalue weighted by atomic mass is 10.0. The minimum absolute atomic E-state index is 0.174. The van der Waals surface area contributed by atoms with Crippen LogP contribution in [0.15, 0.2) is 35.3 Å². The SMILES string of the molecule is Cn1c(C2CCCC2)cc(-c2ccc3[nH]ncc3c2)nc1=O. The summed E-state index contributed by atoms with van der Waals surface area (Å²) in [5.74, 6) is 0.483. The van der Waals surface area contributed by atoms with E-state index in [0.717, 1.165) is 40.7 Å². The van der Waals surface area contributed by atoms with E-state index in [1.165, 1.54) is 12.8 Å². The molecule has 1 aliphatic rings. The van der Waals surface area contributed by atoms with E-state index in [9.17, 15) is 4.79 Å². The van der Waals surface area contributed by atoms with E-state index >= 15 is 0 Å². The zero-order chi connectivity index (χ0) is 15.1. The van der Waals surface area contributed by atoms with Crippen molar-refractivity contribution in [2.24, 2.45) is 7.05 Å². The second-order valence-corrected chi connectivity index (χ2v) is 6.06. The van der Waals surface area contributed by atoms with Crippen LogP contribution in [0.2, 0.25) is 0 Å². The van der Waals surface area contributed by atoms with Gasteiger partial charge in [0.05, 0.1) is 17.4 Å². The van der Waals surface area contributed by atoms with Gasteiger partial charge in [-0.2, -0.15) is 10.1 Å². The molecular formula is C17H18N4O. The highest BCUT2D eigenvalue weighted by atomic mass is 16.1. The Hall–Kier alpha value is -2.43. The Bertz CT molecular complexity index is 887. The van der Waals surface area contributed by atoms with E-state index in [-0.39, 0.29) is 5.69 Å². The number of nitrogens with one attached hydrogen (secondary N) is 1. The molecule has 3 aromatic rings. The fourth-order valence-electron chi connectivity index (χ4n) is 3.42. The molecule has 0 amide bonds. The third kappa shape index (κ3) is 2.13. The van der Waals surface area contributed by atoms with Gasteiger partial charge in [0.1, 0.15) is 0 Å². The van der Waals surface area contributed by atoms with Crippen LogP contribution in [0.3, 0.4) is 0 Å². The van der Waals surface area contributed by atoms with Crippen molar-refractivity contribution >= 4 is 10.9 Å². The molecule has 4 rings (SSSR count). The number of hydrogen-bond acceptors (Lipinski definition) is 3. The largest absolute Gasteiger partial charge is 0.348 e. The number of hydrogen-bond donors (Lipinski definition) is 1. The fraction of sp³-hybridized carbons (Fsp3) is 0.353. The first-order valence-electron chi connectivity index (χ1n) is 7.74. The van der Waals surface area contributed by atoms with Gasteiger partial charge in [-0.15, -0.1) is 0 Å². The highest BCUT2D eigenvalue weighted by molar-refractivity contribution is 5.83. The molecule has 0 aliphatic heterocycles. The Morgan fingerprint density at radius 2 is 2.05 bits per heavy atom. The van der Waals surface area contributed by atoms with Crippen molar-refractivity contribution < 1.29 is 0 Å². The summed E-state index contributed by atoms with van der Waals surface area (Å²) in [6.45, 7) is 0. The van der Waals surface area contributed by atoms with Crippen LogP contribution in [-0.2, 0) is 7.05 Å². The first kappa shape index (κ1) is 13.2. The third-order valence-corrected chi connectivity index (χ3v) is 4.68. The summed E-state index contributed by atoms with van der Waals surface area (Å²) in [4.78, 5) is 16.5. The second-order valence-electron chi connectivity index (χ2n) is 6.06. The molecule has 0 unspecified atom stereocenters. The normalized spacial score (nSPS) is 15.7. The molecule has 5 nitrogen and oxygen atoms in total. The highest BCUT2D eigenvalue weighted by Gasteiger charge is 2.21. The average molecular weight is 294 g/mol. The van der Waals surface area contributed by atoms with Crippen LogP contribution in [0, 0.1) is 0 Å². The van der Waals surface area contributed by atoms with Gasteiger partial charge >= 0.3 is 5.69 Å². The molecule has 0 bridgehead atoms. The third-order valence-electron chi connectivity index (χ3n) is 4.68. The molecule has 0 saturated heterocycles. The van der Waals surface area contributed by atoms with Crippen molar-refractivity contribution in [2.75, 3.05) is 0 Å². The number of aromatic nitrogens is 4. The van der Waals surface area contributed by atoms with Crippen LogP contribution in [-0.4, -0.2) is 19.7 Å². The standard InChI is InChI=1S/C17H18N4O/c1-21-16(11-4-2-3-5-11)9-15(19-17(21)22)12-6-7-14-13(8-12)10-18-20-14/h6-11H,2-5H2,1H3,(H,18,20). The quantitative estimate of drug-likeness (QED) is 0.790. The van der Waals surface area contributed by atoms with Gasteiger partial charge in [0.15, 0.2) is 0 Å². The molecule has 1 fully saturated rings. The van der Waals surface area contributed by atoms with Crippen molar-refractivity contribution in [1.82, 2.24) is 19.7 Å². The number of H-pyrrole nitrogens is 1. The maximum absolute atomic E-state index is 12.2. The number of benzene rings is 1.